The molecule has 1 aliphatic heterocycles. The average Bonchev–Trinajstić information content (AvgIpc) is 2.85. The fourth-order valence-corrected chi connectivity index (χ4v) is 2.53. The van der Waals surface area contributed by atoms with E-state index in [1.165, 1.54) is 5.56 Å². The summed E-state index contributed by atoms with van der Waals surface area (Å²) < 4.78 is 0. The molecule has 0 bridgehead atoms. The molecule has 1 aliphatic rings. The molecule has 1 aromatic rings. The maximum Gasteiger partial charge on any atom is 0.239 e. The number of nitrogens with one attached hydrogen (secondary N) is 1. The van der Waals surface area contributed by atoms with Gasteiger partial charge in [-0.15, -0.1) is 0 Å². The lowest BCUT2D eigenvalue weighted by atomic mass is 10.0. The van der Waals surface area contributed by atoms with Crippen LogP contribution >= 0.6 is 0 Å². The van der Waals surface area contributed by atoms with E-state index in [0.717, 1.165) is 5.56 Å². The summed E-state index contributed by atoms with van der Waals surface area (Å²) in [5.41, 5.74) is 2.44. The third-order valence-electron chi connectivity index (χ3n) is 3.85. The number of hydrogen-bond donors (Lipinski definition) is 2. The molecule has 0 radical (unpaired) electrons. The van der Waals surface area contributed by atoms with Crippen molar-refractivity contribution in [2.45, 2.75) is 44.9 Å². The zero-order valence-corrected chi connectivity index (χ0v) is 12.5. The molecule has 20 heavy (non-hydrogen) atoms. The molecule has 1 fully saturated rings. The van der Waals surface area contributed by atoms with Crippen molar-refractivity contribution in [1.29, 1.82) is 0 Å². The summed E-state index contributed by atoms with van der Waals surface area (Å²) in [5.74, 6) is 0.571. The van der Waals surface area contributed by atoms with Gasteiger partial charge in [-0.1, -0.05) is 38.1 Å². The highest BCUT2D eigenvalue weighted by molar-refractivity contribution is 5.82. The molecule has 1 amide bonds. The van der Waals surface area contributed by atoms with E-state index < -0.39 is 6.10 Å². The van der Waals surface area contributed by atoms with Gasteiger partial charge in [0.25, 0.3) is 0 Å². The first kappa shape index (κ1) is 15.0. The quantitative estimate of drug-likeness (QED) is 0.876. The van der Waals surface area contributed by atoms with Crippen molar-refractivity contribution in [2.75, 3.05) is 13.6 Å². The van der Waals surface area contributed by atoms with E-state index in [2.05, 4.69) is 43.4 Å². The van der Waals surface area contributed by atoms with E-state index in [1.54, 1.807) is 4.90 Å². The molecule has 2 rings (SSSR count). The number of carbonyl (C=O) groups is 1. The topological polar surface area (TPSA) is 52.6 Å². The maximum absolute atomic E-state index is 12.2. The summed E-state index contributed by atoms with van der Waals surface area (Å²) in [6, 6.07) is 8.16. The zero-order chi connectivity index (χ0) is 14.7. The van der Waals surface area contributed by atoms with Crippen LogP contribution in [0.2, 0.25) is 0 Å². The number of amides is 1. The Balaban J connectivity index is 1.93. The Hall–Kier alpha value is -1.39. The second kappa shape index (κ2) is 6.37. The molecule has 2 atom stereocenters. The molecule has 4 heteroatoms. The molecule has 0 aliphatic carbocycles. The highest BCUT2D eigenvalue weighted by Gasteiger charge is 2.29. The number of aliphatic hydroxyl groups excluding tert-OH is 1. The van der Waals surface area contributed by atoms with Gasteiger partial charge >= 0.3 is 0 Å². The third kappa shape index (κ3) is 3.58. The number of β-amino-alcohol motifs (C(OH)–C–C–N with tert-alkyl or cyclic N) is 1. The largest absolute Gasteiger partial charge is 0.392 e. The molecule has 2 unspecified atom stereocenters. The fraction of sp³-hybridized carbons (Fsp3) is 0.562. The SMILES string of the molecule is CC(C)c1ccc(CN(C)C(=O)C2CC(O)CN2)cc1. The molecule has 0 saturated carbocycles. The molecular formula is C16H24N2O2. The third-order valence-corrected chi connectivity index (χ3v) is 3.85. The van der Waals surface area contributed by atoms with Crippen LogP contribution in [0.3, 0.4) is 0 Å². The van der Waals surface area contributed by atoms with Gasteiger partial charge in [-0.2, -0.15) is 0 Å². The van der Waals surface area contributed by atoms with Crippen molar-refractivity contribution in [3.8, 4) is 0 Å². The zero-order valence-electron chi connectivity index (χ0n) is 12.5. The lowest BCUT2D eigenvalue weighted by Crippen LogP contribution is -2.41. The molecule has 1 saturated heterocycles. The number of benzene rings is 1. The predicted octanol–water partition coefficient (Wildman–Crippen LogP) is 1.49. The van der Waals surface area contributed by atoms with Crippen LogP contribution in [-0.2, 0) is 11.3 Å². The first-order valence-electron chi connectivity index (χ1n) is 7.22. The second-order valence-electron chi connectivity index (χ2n) is 5.94. The van der Waals surface area contributed by atoms with Gasteiger partial charge in [0.15, 0.2) is 0 Å². The molecule has 2 N–H and O–H groups in total. The van der Waals surface area contributed by atoms with Crippen molar-refractivity contribution in [3.05, 3.63) is 35.4 Å². The summed E-state index contributed by atoms with van der Waals surface area (Å²) in [6.07, 6.45) is 0.109. The Bertz CT molecular complexity index is 456. The fourth-order valence-electron chi connectivity index (χ4n) is 2.53. The van der Waals surface area contributed by atoms with Gasteiger partial charge in [0.2, 0.25) is 5.91 Å². The number of aliphatic hydroxyl groups is 1. The summed E-state index contributed by atoms with van der Waals surface area (Å²) in [4.78, 5) is 13.9. The molecule has 0 aromatic heterocycles. The minimum absolute atomic E-state index is 0.0505. The lowest BCUT2D eigenvalue weighted by Gasteiger charge is -2.21. The van der Waals surface area contributed by atoms with Gasteiger partial charge in [0.05, 0.1) is 12.1 Å². The molecule has 1 aromatic carbocycles. The van der Waals surface area contributed by atoms with Crippen molar-refractivity contribution < 1.29 is 9.90 Å². The van der Waals surface area contributed by atoms with Crippen LogP contribution in [0, 0.1) is 0 Å². The molecule has 110 valence electrons. The van der Waals surface area contributed by atoms with Crippen molar-refractivity contribution in [3.63, 3.8) is 0 Å². The Labute approximate surface area is 120 Å². The number of rotatable bonds is 4. The van der Waals surface area contributed by atoms with E-state index in [0.29, 0.717) is 25.4 Å². The van der Waals surface area contributed by atoms with E-state index >= 15 is 0 Å². The Morgan fingerprint density at radius 3 is 2.55 bits per heavy atom. The molecular weight excluding hydrogens is 252 g/mol. The van der Waals surface area contributed by atoms with Crippen molar-refractivity contribution >= 4 is 5.91 Å². The molecule has 0 spiro atoms. The normalized spacial score (nSPS) is 22.2. The predicted molar refractivity (Wildman–Crippen MR) is 79.4 cm³/mol. The smallest absolute Gasteiger partial charge is 0.239 e. The van der Waals surface area contributed by atoms with Gasteiger partial charge in [-0.25, -0.2) is 0 Å². The number of likely N-dealkylation sites (N-methyl/N-ethyl adjacent to an activating group) is 1. The van der Waals surface area contributed by atoms with E-state index in [1.807, 2.05) is 7.05 Å². The number of hydrogen-bond acceptors (Lipinski definition) is 3. The average molecular weight is 276 g/mol. The van der Waals surface area contributed by atoms with E-state index in [-0.39, 0.29) is 11.9 Å². The van der Waals surface area contributed by atoms with Gasteiger partial charge in [-0.3, -0.25) is 4.79 Å². The minimum Gasteiger partial charge on any atom is -0.392 e. The summed E-state index contributed by atoms with van der Waals surface area (Å²) in [7, 11) is 1.81. The van der Waals surface area contributed by atoms with Gasteiger partial charge in [0, 0.05) is 20.1 Å². The van der Waals surface area contributed by atoms with E-state index in [9.17, 15) is 9.90 Å². The van der Waals surface area contributed by atoms with Crippen LogP contribution in [-0.4, -0.2) is 41.7 Å². The Morgan fingerprint density at radius 1 is 1.40 bits per heavy atom. The molecule has 4 nitrogen and oxygen atoms in total. The molecule has 1 heterocycles. The van der Waals surface area contributed by atoms with Crippen LogP contribution in [0.25, 0.3) is 0 Å². The van der Waals surface area contributed by atoms with Crippen molar-refractivity contribution in [2.24, 2.45) is 0 Å². The highest BCUT2D eigenvalue weighted by atomic mass is 16.3. The Kier molecular flexibility index (Phi) is 4.78. The summed E-state index contributed by atoms with van der Waals surface area (Å²) in [5, 5.41) is 12.5. The summed E-state index contributed by atoms with van der Waals surface area (Å²) in [6.45, 7) is 5.45. The van der Waals surface area contributed by atoms with Crippen molar-refractivity contribution in [1.82, 2.24) is 10.2 Å². The minimum atomic E-state index is -0.400. The van der Waals surface area contributed by atoms with Crippen LogP contribution in [0.15, 0.2) is 24.3 Å². The van der Waals surface area contributed by atoms with Gasteiger partial charge in [-0.05, 0) is 23.5 Å². The van der Waals surface area contributed by atoms with Gasteiger partial charge in [0.1, 0.15) is 0 Å². The number of carbonyl (C=O) groups excluding carboxylic acids is 1. The first-order valence-corrected chi connectivity index (χ1v) is 7.22. The first-order chi connectivity index (χ1) is 9.47. The van der Waals surface area contributed by atoms with Crippen LogP contribution in [0.1, 0.15) is 37.3 Å². The Morgan fingerprint density at radius 2 is 2.05 bits per heavy atom. The van der Waals surface area contributed by atoms with E-state index in [4.69, 9.17) is 0 Å². The van der Waals surface area contributed by atoms with Crippen LogP contribution in [0.4, 0.5) is 0 Å². The summed E-state index contributed by atoms with van der Waals surface area (Å²) >= 11 is 0. The lowest BCUT2D eigenvalue weighted by molar-refractivity contribution is -0.132. The maximum atomic E-state index is 12.2. The monoisotopic (exact) mass is 276 g/mol. The number of nitrogens with zero attached hydrogens (tertiary/aromatic N) is 1. The van der Waals surface area contributed by atoms with Crippen LogP contribution in [0.5, 0.6) is 0 Å². The van der Waals surface area contributed by atoms with Gasteiger partial charge < -0.3 is 15.3 Å². The highest BCUT2D eigenvalue weighted by Crippen LogP contribution is 2.16. The standard InChI is InChI=1S/C16H24N2O2/c1-11(2)13-6-4-12(5-7-13)10-18(3)16(20)15-8-14(19)9-17-15/h4-7,11,14-15,17,19H,8-10H2,1-3H3. The second-order valence-corrected chi connectivity index (χ2v) is 5.94. The van der Waals surface area contributed by atoms with Crippen LogP contribution < -0.4 is 5.32 Å².